The molecular weight excluding hydrogens is 767 g/mol. The van der Waals surface area contributed by atoms with E-state index >= 15 is 0 Å². The van der Waals surface area contributed by atoms with Crippen LogP contribution in [0.1, 0.15) is 145 Å². The van der Waals surface area contributed by atoms with Gasteiger partial charge in [0, 0.05) is 0 Å². The van der Waals surface area contributed by atoms with Gasteiger partial charge in [-0.2, -0.15) is 0 Å². The van der Waals surface area contributed by atoms with Gasteiger partial charge in [0.25, 0.3) is 0 Å². The second-order valence-corrected chi connectivity index (χ2v) is 58.8. The van der Waals surface area contributed by atoms with E-state index in [4.69, 9.17) is 17.0 Å². The molecule has 4 atom stereocenters. The first-order chi connectivity index (χ1) is 25.0. The summed E-state index contributed by atoms with van der Waals surface area (Å²) in [5.41, 5.74) is 16.9. The summed E-state index contributed by atoms with van der Waals surface area (Å²) in [5.74, 6) is -0.760. The molecule has 0 saturated carbocycles. The van der Waals surface area contributed by atoms with Crippen molar-refractivity contribution >= 4 is 35.1 Å². The van der Waals surface area contributed by atoms with E-state index in [0.717, 1.165) is 51.4 Å². The number of hydrogen-bond donors (Lipinski definition) is 0. The van der Waals surface area contributed by atoms with Gasteiger partial charge in [-0.1, -0.05) is 0 Å². The second-order valence-electron chi connectivity index (χ2n) is 16.3. The van der Waals surface area contributed by atoms with Gasteiger partial charge in [0.1, 0.15) is 0 Å². The van der Waals surface area contributed by atoms with Crippen LogP contribution in [0.25, 0.3) is 34.4 Å². The number of allylic oxidation sites excluding steroid dienone is 2. The van der Waals surface area contributed by atoms with E-state index < -0.39 is 21.5 Å². The van der Waals surface area contributed by atoms with Crippen molar-refractivity contribution in [1.82, 2.24) is 0 Å². The van der Waals surface area contributed by atoms with Crippen molar-refractivity contribution < 1.29 is 15.6 Å². The van der Waals surface area contributed by atoms with Crippen LogP contribution in [0.5, 0.6) is 0 Å². The number of halogens is 2. The number of fused-ring (bicyclic) bond motifs is 2. The fourth-order valence-corrected chi connectivity index (χ4v) is 41.0. The van der Waals surface area contributed by atoms with Gasteiger partial charge in [-0.05, 0) is 0 Å². The predicted molar refractivity (Wildman–Crippen MR) is 232 cm³/mol. The van der Waals surface area contributed by atoms with Gasteiger partial charge in [-0.3, -0.25) is 0 Å². The third-order valence-corrected chi connectivity index (χ3v) is 64.8. The molecule has 0 N–H and O–H groups in total. The minimum absolute atomic E-state index is 0.113. The summed E-state index contributed by atoms with van der Waals surface area (Å²) < 4.78 is 0.226. The molecule has 0 amide bonds. The van der Waals surface area contributed by atoms with Crippen molar-refractivity contribution in [3.8, 4) is 22.3 Å². The molecule has 52 heavy (non-hydrogen) atoms. The minimum atomic E-state index is -4.95. The SMILES string of the molecule is CCCCC1=Cc2c(ccc(C(C)CC)c2-c2ccccc2)[CH]1[Zr]([Cl])([Cl])([CH]1C(CCCC)=Cc2c1ccc(C(C)CC)c2-c1ccccc1)[SiH](C)C. The van der Waals surface area contributed by atoms with Gasteiger partial charge in [-0.15, -0.1) is 0 Å². The summed E-state index contributed by atoms with van der Waals surface area (Å²) in [7, 11) is 17.9. The molecule has 0 saturated heterocycles. The first kappa shape index (κ1) is 39.7. The Bertz CT molecular complexity index is 1810. The van der Waals surface area contributed by atoms with Crippen LogP contribution in [0.3, 0.4) is 0 Å². The molecule has 2 aliphatic carbocycles. The molecule has 0 heterocycles. The molecule has 0 aromatic heterocycles. The maximum atomic E-state index is 8.96. The monoisotopic (exact) mass is 825 g/mol. The average molecular weight is 828 g/mol. The van der Waals surface area contributed by atoms with Crippen molar-refractivity contribution in [2.75, 3.05) is 0 Å². The topological polar surface area (TPSA) is 0 Å². The summed E-state index contributed by atoms with van der Waals surface area (Å²) in [6.45, 7) is 19.0. The molecule has 4 aromatic rings. The van der Waals surface area contributed by atoms with Crippen LogP contribution in [-0.4, -0.2) is 5.92 Å². The van der Waals surface area contributed by atoms with Crippen molar-refractivity contribution in [3.05, 3.63) is 129 Å². The molecule has 0 bridgehead atoms. The van der Waals surface area contributed by atoms with Gasteiger partial charge >= 0.3 is 327 Å². The van der Waals surface area contributed by atoms with Crippen LogP contribution >= 0.6 is 17.0 Å². The Labute approximate surface area is 324 Å². The van der Waals surface area contributed by atoms with E-state index in [1.54, 1.807) is 0 Å². The average Bonchev–Trinajstić information content (AvgIpc) is 3.75. The standard InChI is InChI=1S/2C23H27.C2H7Si.2ClH.Zr/c2*1-4-6-10-18-15-20-13-14-21(17(3)5-2)23(22(20)16-18)19-11-8-7-9-12-19;1-3-2;;;/h2*7-9,11-17H,4-6,10H2,1-3H3;3H,1-2H3;2*1H;/q;;;;;+2/p-2. The molecular formula is C48H61Cl2SiZr. The van der Waals surface area contributed by atoms with Gasteiger partial charge in [0.15, 0.2) is 0 Å². The van der Waals surface area contributed by atoms with Gasteiger partial charge in [-0.25, -0.2) is 0 Å². The van der Waals surface area contributed by atoms with Crippen molar-refractivity contribution in [2.24, 2.45) is 0 Å². The molecule has 0 nitrogen and oxygen atoms in total. The van der Waals surface area contributed by atoms with Gasteiger partial charge in [0.2, 0.25) is 0 Å². The number of unbranched alkanes of at least 4 members (excludes halogenated alkanes) is 2. The van der Waals surface area contributed by atoms with E-state index in [1.165, 1.54) is 66.8 Å². The predicted octanol–water partition coefficient (Wildman–Crippen LogP) is 16.0. The van der Waals surface area contributed by atoms with Gasteiger partial charge in [0.05, 0.1) is 0 Å². The summed E-state index contributed by atoms with van der Waals surface area (Å²) in [5, 5.41) is 0. The van der Waals surface area contributed by atoms with Crippen LogP contribution in [0.2, 0.25) is 13.1 Å². The van der Waals surface area contributed by atoms with E-state index in [0.29, 0.717) is 11.8 Å². The van der Waals surface area contributed by atoms with E-state index in [9.17, 15) is 0 Å². The molecule has 275 valence electrons. The van der Waals surface area contributed by atoms with Crippen molar-refractivity contribution in [3.63, 3.8) is 0 Å². The second kappa shape index (κ2) is 16.4. The van der Waals surface area contributed by atoms with Crippen molar-refractivity contribution in [2.45, 2.75) is 125 Å². The van der Waals surface area contributed by atoms with Gasteiger partial charge < -0.3 is 0 Å². The third kappa shape index (κ3) is 6.91. The summed E-state index contributed by atoms with van der Waals surface area (Å²) in [4.78, 5) is 0. The molecule has 0 fully saturated rings. The molecule has 2 aliphatic rings. The van der Waals surface area contributed by atoms with E-state index in [2.05, 4.69) is 152 Å². The Morgan fingerprint density at radius 2 is 0.962 bits per heavy atom. The van der Waals surface area contributed by atoms with Crippen LogP contribution in [0.4, 0.5) is 0 Å². The molecule has 6 rings (SSSR count). The van der Waals surface area contributed by atoms with Crippen LogP contribution in [0.15, 0.2) is 96.1 Å². The molecule has 4 unspecified atom stereocenters. The van der Waals surface area contributed by atoms with Crippen molar-refractivity contribution in [1.29, 1.82) is 0 Å². The summed E-state index contributed by atoms with van der Waals surface area (Å²) in [6.07, 6.45) is 14.1. The van der Waals surface area contributed by atoms with E-state index in [-0.39, 0.29) is 7.25 Å². The zero-order valence-electron chi connectivity index (χ0n) is 33.0. The number of hydrogen-bond acceptors (Lipinski definition) is 0. The van der Waals surface area contributed by atoms with Crippen LogP contribution < -0.4 is 0 Å². The number of benzene rings is 4. The Morgan fingerprint density at radius 3 is 1.29 bits per heavy atom. The summed E-state index contributed by atoms with van der Waals surface area (Å²) >= 11 is -4.95. The quantitative estimate of drug-likeness (QED) is 0.105. The van der Waals surface area contributed by atoms with Crippen LogP contribution in [-0.2, 0) is 15.6 Å². The Balaban J connectivity index is 1.66. The number of rotatable bonds is 15. The Kier molecular flexibility index (Phi) is 12.5. The molecule has 0 radical (unpaired) electrons. The molecule has 0 spiro atoms. The Hall–Kier alpha value is -1.96. The fourth-order valence-electron chi connectivity index (χ4n) is 9.50. The molecule has 4 heteroatoms. The normalized spacial score (nSPS) is 18.7. The maximum absolute atomic E-state index is 8.96. The van der Waals surface area contributed by atoms with E-state index in [1.807, 2.05) is 0 Å². The molecule has 0 aliphatic heterocycles. The first-order valence-electron chi connectivity index (χ1n) is 20.4. The third-order valence-electron chi connectivity index (χ3n) is 12.9. The zero-order chi connectivity index (χ0) is 37.2. The van der Waals surface area contributed by atoms with Crippen LogP contribution in [0, 0.1) is 0 Å². The fraction of sp³-hybridized carbons (Fsp3) is 0.417. The molecule has 4 aromatic carbocycles. The Morgan fingerprint density at radius 1 is 0.577 bits per heavy atom. The zero-order valence-corrected chi connectivity index (χ0v) is 38.2. The summed E-state index contributed by atoms with van der Waals surface area (Å²) in [6, 6.07) is 32.1. The first-order valence-corrected chi connectivity index (χ1v) is 36.7.